The fourth-order valence-corrected chi connectivity index (χ4v) is 5.49. The van der Waals surface area contributed by atoms with Crippen LogP contribution in [0.1, 0.15) is 43.7 Å². The van der Waals surface area contributed by atoms with Crippen LogP contribution in [0.3, 0.4) is 0 Å². The van der Waals surface area contributed by atoms with Crippen molar-refractivity contribution in [3.05, 3.63) is 33.8 Å². The standard InChI is InChI=1S/C26H38N4O5/c1-17-14-19(16-22-23(17)27-26(33)35-22)15-18(2)24(31)29-10-7-20(8-11-29)30-9-5-6-21(30)25(32)34-13-12-28(3)4/h14,16,18,20-21H,5-13,15H2,1-4H3,(H,27,33)/t18-,21-/m1/s1. The number of nitrogens with one attached hydrogen (secondary N) is 1. The lowest BCUT2D eigenvalue weighted by Gasteiger charge is -2.39. The Morgan fingerprint density at radius 1 is 1.20 bits per heavy atom. The maximum Gasteiger partial charge on any atom is 0.417 e. The first kappa shape index (κ1) is 25.4. The predicted molar refractivity (Wildman–Crippen MR) is 133 cm³/mol. The summed E-state index contributed by atoms with van der Waals surface area (Å²) in [5.41, 5.74) is 3.16. The van der Waals surface area contributed by atoms with E-state index in [-0.39, 0.29) is 23.8 Å². The first-order valence-corrected chi connectivity index (χ1v) is 12.7. The van der Waals surface area contributed by atoms with Crippen molar-refractivity contribution in [3.63, 3.8) is 0 Å². The summed E-state index contributed by atoms with van der Waals surface area (Å²) in [6, 6.07) is 4.01. The second-order valence-corrected chi connectivity index (χ2v) is 10.3. The van der Waals surface area contributed by atoms with Gasteiger partial charge in [-0.2, -0.15) is 0 Å². The van der Waals surface area contributed by atoms with Crippen LogP contribution in [0.25, 0.3) is 11.1 Å². The fourth-order valence-electron chi connectivity index (χ4n) is 5.49. The summed E-state index contributed by atoms with van der Waals surface area (Å²) in [5, 5.41) is 0. The summed E-state index contributed by atoms with van der Waals surface area (Å²) in [4.78, 5) is 46.3. The first-order valence-electron chi connectivity index (χ1n) is 12.7. The summed E-state index contributed by atoms with van der Waals surface area (Å²) in [6.07, 6.45) is 4.20. The zero-order valence-electron chi connectivity index (χ0n) is 21.3. The molecule has 9 heteroatoms. The van der Waals surface area contributed by atoms with E-state index in [1.807, 2.05) is 49.9 Å². The molecular formula is C26H38N4O5. The van der Waals surface area contributed by atoms with E-state index in [2.05, 4.69) is 9.88 Å². The van der Waals surface area contributed by atoms with Crippen molar-refractivity contribution >= 4 is 23.0 Å². The molecule has 35 heavy (non-hydrogen) atoms. The third kappa shape index (κ3) is 5.95. The maximum absolute atomic E-state index is 13.2. The van der Waals surface area contributed by atoms with Gasteiger partial charge in [-0.1, -0.05) is 13.0 Å². The van der Waals surface area contributed by atoms with Crippen molar-refractivity contribution in [3.8, 4) is 0 Å². The molecule has 0 radical (unpaired) electrons. The van der Waals surface area contributed by atoms with Crippen molar-refractivity contribution in [2.45, 2.75) is 58.0 Å². The third-order valence-electron chi connectivity index (χ3n) is 7.35. The van der Waals surface area contributed by atoms with Gasteiger partial charge in [0.2, 0.25) is 5.91 Å². The number of aromatic amines is 1. The van der Waals surface area contributed by atoms with Gasteiger partial charge in [-0.05, 0) is 76.9 Å². The molecule has 2 aromatic rings. The number of likely N-dealkylation sites (N-methyl/N-ethyl adjacent to an activating group) is 1. The average molecular weight is 487 g/mol. The van der Waals surface area contributed by atoms with Crippen LogP contribution in [0.15, 0.2) is 21.3 Å². The highest BCUT2D eigenvalue weighted by Crippen LogP contribution is 2.28. The first-order chi connectivity index (χ1) is 16.7. The third-order valence-corrected chi connectivity index (χ3v) is 7.35. The molecule has 3 heterocycles. The van der Waals surface area contributed by atoms with Crippen molar-refractivity contribution < 1.29 is 18.7 Å². The lowest BCUT2D eigenvalue weighted by atomic mass is 9.96. The molecule has 2 fully saturated rings. The van der Waals surface area contributed by atoms with Crippen LogP contribution in [-0.2, 0) is 20.7 Å². The maximum atomic E-state index is 13.2. The molecule has 0 unspecified atom stereocenters. The smallest absolute Gasteiger partial charge is 0.417 e. The Balaban J connectivity index is 1.29. The number of carbonyl (C=O) groups excluding carboxylic acids is 2. The van der Waals surface area contributed by atoms with Gasteiger partial charge in [0.05, 0.1) is 5.52 Å². The molecule has 1 aromatic carbocycles. The largest absolute Gasteiger partial charge is 0.463 e. The van der Waals surface area contributed by atoms with Crippen LogP contribution in [-0.4, -0.2) is 90.5 Å². The number of likely N-dealkylation sites (tertiary alicyclic amines) is 2. The van der Waals surface area contributed by atoms with E-state index < -0.39 is 5.76 Å². The number of H-pyrrole nitrogens is 1. The molecule has 2 aliphatic heterocycles. The van der Waals surface area contributed by atoms with Gasteiger partial charge < -0.3 is 19.0 Å². The number of aromatic nitrogens is 1. The SMILES string of the molecule is Cc1cc(C[C@@H](C)C(=O)N2CCC(N3CCC[C@@H]3C(=O)OCCN(C)C)CC2)cc2oc(=O)[nH]c12. The zero-order chi connectivity index (χ0) is 25.1. The second kappa shape index (κ2) is 11.0. The van der Waals surface area contributed by atoms with E-state index >= 15 is 0 Å². The normalized spacial score (nSPS) is 20.6. The number of hydrogen-bond donors (Lipinski definition) is 1. The summed E-state index contributed by atoms with van der Waals surface area (Å²) in [7, 11) is 3.93. The van der Waals surface area contributed by atoms with Gasteiger partial charge >= 0.3 is 11.7 Å². The Morgan fingerprint density at radius 3 is 2.66 bits per heavy atom. The molecule has 2 aliphatic rings. The number of fused-ring (bicyclic) bond motifs is 1. The minimum absolute atomic E-state index is 0.109. The number of nitrogens with zero attached hydrogens (tertiary/aromatic N) is 3. The van der Waals surface area contributed by atoms with Crippen LogP contribution in [0.2, 0.25) is 0 Å². The van der Waals surface area contributed by atoms with E-state index in [1.165, 1.54) is 0 Å². The number of carbonyl (C=O) groups is 2. The molecule has 0 aliphatic carbocycles. The highest BCUT2D eigenvalue weighted by Gasteiger charge is 2.38. The zero-order valence-corrected chi connectivity index (χ0v) is 21.3. The highest BCUT2D eigenvalue weighted by atomic mass is 16.5. The average Bonchev–Trinajstić information content (AvgIpc) is 3.45. The number of oxazole rings is 1. The molecule has 9 nitrogen and oxygen atoms in total. The van der Waals surface area contributed by atoms with Crippen molar-refractivity contribution in [2.75, 3.05) is 46.9 Å². The fraction of sp³-hybridized carbons (Fsp3) is 0.654. The number of hydrogen-bond acceptors (Lipinski definition) is 7. The molecule has 192 valence electrons. The number of esters is 1. The molecule has 4 rings (SSSR count). The molecular weight excluding hydrogens is 448 g/mol. The van der Waals surface area contributed by atoms with Crippen LogP contribution in [0, 0.1) is 12.8 Å². The minimum atomic E-state index is -0.464. The Bertz CT molecular complexity index is 1100. The van der Waals surface area contributed by atoms with Crippen molar-refractivity contribution in [2.24, 2.45) is 5.92 Å². The van der Waals surface area contributed by atoms with E-state index in [0.717, 1.165) is 49.9 Å². The van der Waals surface area contributed by atoms with Gasteiger partial charge in [0, 0.05) is 31.6 Å². The summed E-state index contributed by atoms with van der Waals surface area (Å²) >= 11 is 0. The highest BCUT2D eigenvalue weighted by molar-refractivity contribution is 5.80. The number of piperidine rings is 1. The molecule has 1 amide bonds. The molecule has 1 aromatic heterocycles. The van der Waals surface area contributed by atoms with E-state index in [9.17, 15) is 14.4 Å². The van der Waals surface area contributed by atoms with E-state index in [0.29, 0.717) is 43.3 Å². The van der Waals surface area contributed by atoms with Gasteiger partial charge in [0.1, 0.15) is 12.6 Å². The number of rotatable bonds is 8. The van der Waals surface area contributed by atoms with Gasteiger partial charge in [-0.15, -0.1) is 0 Å². The van der Waals surface area contributed by atoms with Gasteiger partial charge in [-0.3, -0.25) is 19.5 Å². The van der Waals surface area contributed by atoms with Gasteiger partial charge in [0.25, 0.3) is 0 Å². The molecule has 1 N–H and O–H groups in total. The second-order valence-electron chi connectivity index (χ2n) is 10.3. The number of aryl methyl sites for hydroxylation is 1. The van der Waals surface area contributed by atoms with Crippen LogP contribution < -0.4 is 5.76 Å². The van der Waals surface area contributed by atoms with Gasteiger partial charge in [-0.25, -0.2) is 4.79 Å². The predicted octanol–water partition coefficient (Wildman–Crippen LogP) is 2.17. The van der Waals surface area contributed by atoms with Crippen LogP contribution in [0.5, 0.6) is 0 Å². The number of benzene rings is 1. The topological polar surface area (TPSA) is 99.1 Å². The Hall–Kier alpha value is -2.65. The van der Waals surface area contributed by atoms with Crippen molar-refractivity contribution in [1.29, 1.82) is 0 Å². The lowest BCUT2D eigenvalue weighted by Crippen LogP contribution is -2.51. The minimum Gasteiger partial charge on any atom is -0.463 e. The summed E-state index contributed by atoms with van der Waals surface area (Å²) < 4.78 is 10.7. The molecule has 2 atom stereocenters. The quantitative estimate of drug-likeness (QED) is 0.571. The van der Waals surface area contributed by atoms with E-state index in [4.69, 9.17) is 9.15 Å². The Kier molecular flexibility index (Phi) is 7.96. The van der Waals surface area contributed by atoms with Crippen LogP contribution in [0.4, 0.5) is 0 Å². The lowest BCUT2D eigenvalue weighted by molar-refractivity contribution is -0.151. The monoisotopic (exact) mass is 486 g/mol. The number of amides is 1. The van der Waals surface area contributed by atoms with Crippen molar-refractivity contribution in [1.82, 2.24) is 19.7 Å². The molecule has 0 spiro atoms. The molecule has 0 bridgehead atoms. The van der Waals surface area contributed by atoms with Crippen LogP contribution >= 0.6 is 0 Å². The number of ether oxygens (including phenoxy) is 1. The van der Waals surface area contributed by atoms with E-state index in [1.54, 1.807) is 0 Å². The molecule has 0 saturated carbocycles. The Labute approximate surface area is 206 Å². The Morgan fingerprint density at radius 2 is 1.94 bits per heavy atom. The summed E-state index contributed by atoms with van der Waals surface area (Å²) in [6.45, 7) is 7.36. The molecule has 2 saturated heterocycles. The summed E-state index contributed by atoms with van der Waals surface area (Å²) in [5.74, 6) is -0.589. The van der Waals surface area contributed by atoms with Gasteiger partial charge in [0.15, 0.2) is 5.58 Å².